The van der Waals surface area contributed by atoms with Gasteiger partial charge < -0.3 is 4.90 Å². The lowest BCUT2D eigenvalue weighted by Gasteiger charge is -2.29. The van der Waals surface area contributed by atoms with Crippen molar-refractivity contribution in [1.29, 1.82) is 0 Å². The van der Waals surface area contributed by atoms with Crippen molar-refractivity contribution in [2.75, 3.05) is 17.2 Å². The molecule has 1 aliphatic rings. The van der Waals surface area contributed by atoms with E-state index in [-0.39, 0.29) is 22.5 Å². The largest absolute Gasteiger partial charge is 0.433 e. The molecule has 0 bridgehead atoms. The Morgan fingerprint density at radius 2 is 2.11 bits per heavy atom. The van der Waals surface area contributed by atoms with Crippen LogP contribution in [0.4, 0.5) is 24.5 Å². The Morgan fingerprint density at radius 1 is 1.33 bits per heavy atom. The fourth-order valence-corrected chi connectivity index (χ4v) is 3.44. The first-order chi connectivity index (χ1) is 12.8. The Balaban J connectivity index is 1.72. The van der Waals surface area contributed by atoms with Gasteiger partial charge in [0.25, 0.3) is 5.69 Å². The van der Waals surface area contributed by atoms with Crippen LogP contribution in [-0.2, 0) is 17.4 Å². The van der Waals surface area contributed by atoms with E-state index in [9.17, 15) is 28.1 Å². The number of anilines is 1. The van der Waals surface area contributed by atoms with E-state index in [0.29, 0.717) is 30.6 Å². The van der Waals surface area contributed by atoms with Crippen molar-refractivity contribution in [3.8, 4) is 0 Å². The number of halogens is 3. The van der Waals surface area contributed by atoms with Gasteiger partial charge in [-0.2, -0.15) is 13.2 Å². The van der Waals surface area contributed by atoms with Crippen molar-refractivity contribution in [2.24, 2.45) is 0 Å². The quantitative estimate of drug-likeness (QED) is 0.339. The first-order valence-electron chi connectivity index (χ1n) is 7.86. The molecule has 11 heteroatoms. The number of nitro benzene ring substituents is 1. The van der Waals surface area contributed by atoms with Crippen molar-refractivity contribution in [2.45, 2.75) is 24.2 Å². The first-order valence-corrected chi connectivity index (χ1v) is 8.85. The summed E-state index contributed by atoms with van der Waals surface area (Å²) in [5.74, 6) is -0.464. The fraction of sp³-hybridized carbons (Fsp3) is 0.312. The van der Waals surface area contributed by atoms with Gasteiger partial charge in [-0.3, -0.25) is 14.9 Å². The smallest absolute Gasteiger partial charge is 0.311 e. The van der Waals surface area contributed by atoms with Gasteiger partial charge in [0.15, 0.2) is 5.16 Å². The standard InChI is InChI=1S/C16H13F3N4O3S/c17-16(18,19)13-5-6-20-15(21-13)27-9-14(24)22-7-1-2-10-8-11(23(25)26)3-4-12(10)22/h3-6,8H,1-2,7,9H2. The zero-order valence-electron chi connectivity index (χ0n) is 13.8. The van der Waals surface area contributed by atoms with Crippen molar-refractivity contribution >= 4 is 29.0 Å². The molecule has 2 aromatic rings. The Labute approximate surface area is 155 Å². The molecule has 0 radical (unpaired) electrons. The van der Waals surface area contributed by atoms with Crippen LogP contribution in [0.2, 0.25) is 0 Å². The summed E-state index contributed by atoms with van der Waals surface area (Å²) in [7, 11) is 0. The number of nitro groups is 1. The molecule has 0 saturated carbocycles. The minimum absolute atomic E-state index is 0.0465. The summed E-state index contributed by atoms with van der Waals surface area (Å²) in [4.78, 5) is 31.6. The third-order valence-corrected chi connectivity index (χ3v) is 4.79. The van der Waals surface area contributed by atoms with Gasteiger partial charge in [-0.1, -0.05) is 11.8 Å². The van der Waals surface area contributed by atoms with Crippen LogP contribution in [-0.4, -0.2) is 33.1 Å². The lowest BCUT2D eigenvalue weighted by atomic mass is 10.0. The maximum atomic E-state index is 12.7. The van der Waals surface area contributed by atoms with Crippen molar-refractivity contribution < 1.29 is 22.9 Å². The second kappa shape index (κ2) is 7.51. The third kappa shape index (κ3) is 4.35. The number of carbonyl (C=O) groups is 1. The predicted molar refractivity (Wildman–Crippen MR) is 91.5 cm³/mol. The predicted octanol–water partition coefficient (Wildman–Crippen LogP) is 3.48. The number of nitrogens with zero attached hydrogens (tertiary/aromatic N) is 4. The molecule has 0 fully saturated rings. The number of carbonyl (C=O) groups excluding carboxylic acids is 1. The monoisotopic (exact) mass is 398 g/mol. The van der Waals surface area contributed by atoms with E-state index in [1.165, 1.54) is 23.1 Å². The van der Waals surface area contributed by atoms with Crippen LogP contribution in [0.3, 0.4) is 0 Å². The second-order valence-corrected chi connectivity index (χ2v) is 6.67. The fourth-order valence-electron chi connectivity index (χ4n) is 2.73. The molecule has 0 spiro atoms. The molecule has 0 saturated heterocycles. The third-order valence-electron chi connectivity index (χ3n) is 3.94. The van der Waals surface area contributed by atoms with Gasteiger partial charge in [-0.15, -0.1) is 0 Å². The Kier molecular flexibility index (Phi) is 5.31. The number of alkyl halides is 3. The number of thioether (sulfide) groups is 1. The summed E-state index contributed by atoms with van der Waals surface area (Å²) < 4.78 is 38.1. The number of benzene rings is 1. The topological polar surface area (TPSA) is 89.2 Å². The molecule has 142 valence electrons. The first kappa shape index (κ1) is 19.1. The number of aromatic nitrogens is 2. The van der Waals surface area contributed by atoms with E-state index in [4.69, 9.17) is 0 Å². The number of rotatable bonds is 4. The molecule has 27 heavy (non-hydrogen) atoms. The summed E-state index contributed by atoms with van der Waals surface area (Å²) in [5.41, 5.74) is 0.171. The molecule has 0 N–H and O–H groups in total. The minimum atomic E-state index is -4.58. The van der Waals surface area contributed by atoms with Crippen LogP contribution in [0.1, 0.15) is 17.7 Å². The van der Waals surface area contributed by atoms with Crippen LogP contribution in [0.15, 0.2) is 35.6 Å². The van der Waals surface area contributed by atoms with Crippen LogP contribution in [0, 0.1) is 10.1 Å². The number of amides is 1. The number of fused-ring (bicyclic) bond motifs is 1. The second-order valence-electron chi connectivity index (χ2n) is 5.73. The minimum Gasteiger partial charge on any atom is -0.311 e. The average molecular weight is 398 g/mol. The number of hydrogen-bond acceptors (Lipinski definition) is 6. The highest BCUT2D eigenvalue weighted by atomic mass is 32.2. The van der Waals surface area contributed by atoms with Gasteiger partial charge in [-0.25, -0.2) is 9.97 Å². The molecule has 1 aliphatic heterocycles. The van der Waals surface area contributed by atoms with E-state index in [0.717, 1.165) is 24.0 Å². The van der Waals surface area contributed by atoms with E-state index in [1.807, 2.05) is 0 Å². The van der Waals surface area contributed by atoms with Gasteiger partial charge in [0.1, 0.15) is 5.69 Å². The number of hydrogen-bond donors (Lipinski definition) is 0. The SMILES string of the molecule is O=C(CSc1nccc(C(F)(F)F)n1)N1CCCc2cc([N+](=O)[O-])ccc21. The van der Waals surface area contributed by atoms with Gasteiger partial charge in [0.05, 0.1) is 10.7 Å². The zero-order valence-corrected chi connectivity index (χ0v) is 14.6. The summed E-state index contributed by atoms with van der Waals surface area (Å²) in [6.45, 7) is 0.438. The highest BCUT2D eigenvalue weighted by Crippen LogP contribution is 2.32. The molecular weight excluding hydrogens is 385 g/mol. The lowest BCUT2D eigenvalue weighted by Crippen LogP contribution is -2.36. The van der Waals surface area contributed by atoms with Crippen molar-refractivity contribution in [3.05, 3.63) is 51.8 Å². The van der Waals surface area contributed by atoms with Crippen LogP contribution >= 0.6 is 11.8 Å². The molecule has 1 amide bonds. The highest BCUT2D eigenvalue weighted by molar-refractivity contribution is 7.99. The van der Waals surface area contributed by atoms with Gasteiger partial charge in [-0.05, 0) is 30.5 Å². The average Bonchev–Trinajstić information content (AvgIpc) is 2.64. The lowest BCUT2D eigenvalue weighted by molar-refractivity contribution is -0.384. The molecule has 0 aliphatic carbocycles. The molecule has 1 aromatic carbocycles. The van der Waals surface area contributed by atoms with Gasteiger partial charge in [0.2, 0.25) is 5.91 Å². The molecule has 7 nitrogen and oxygen atoms in total. The van der Waals surface area contributed by atoms with E-state index >= 15 is 0 Å². The van der Waals surface area contributed by atoms with Crippen molar-refractivity contribution in [1.82, 2.24) is 9.97 Å². The maximum absolute atomic E-state index is 12.7. The van der Waals surface area contributed by atoms with E-state index < -0.39 is 16.8 Å². The number of non-ortho nitro benzene ring substituents is 1. The maximum Gasteiger partial charge on any atom is 0.433 e. The van der Waals surface area contributed by atoms with Crippen molar-refractivity contribution in [3.63, 3.8) is 0 Å². The van der Waals surface area contributed by atoms with Crippen LogP contribution in [0.5, 0.6) is 0 Å². The molecule has 0 unspecified atom stereocenters. The summed E-state index contributed by atoms with van der Waals surface area (Å²) in [6.07, 6.45) is -2.32. The summed E-state index contributed by atoms with van der Waals surface area (Å²) in [6, 6.07) is 5.06. The number of aryl methyl sites for hydroxylation is 1. The molecule has 2 heterocycles. The highest BCUT2D eigenvalue weighted by Gasteiger charge is 2.33. The Hall–Kier alpha value is -2.69. The van der Waals surface area contributed by atoms with Crippen LogP contribution in [0.25, 0.3) is 0 Å². The van der Waals surface area contributed by atoms with Crippen LogP contribution < -0.4 is 4.90 Å². The van der Waals surface area contributed by atoms with Gasteiger partial charge in [0, 0.05) is 30.6 Å². The van der Waals surface area contributed by atoms with E-state index in [2.05, 4.69) is 9.97 Å². The molecular formula is C16H13F3N4O3S. The normalized spacial score (nSPS) is 14.0. The van der Waals surface area contributed by atoms with E-state index in [1.54, 1.807) is 0 Å². The summed E-state index contributed by atoms with van der Waals surface area (Å²) >= 11 is 0.814. The molecule has 3 rings (SSSR count). The molecule has 1 aromatic heterocycles. The van der Waals surface area contributed by atoms with Gasteiger partial charge >= 0.3 is 6.18 Å². The zero-order chi connectivity index (χ0) is 19.6. The molecule has 0 atom stereocenters. The summed E-state index contributed by atoms with van der Waals surface area (Å²) in [5, 5.41) is 10.7. The Morgan fingerprint density at radius 3 is 2.81 bits per heavy atom. The Bertz CT molecular complexity index is 891.